The number of rotatable bonds is 0. The van der Waals surface area contributed by atoms with E-state index in [1.54, 1.807) is 0 Å². The summed E-state index contributed by atoms with van der Waals surface area (Å²) in [7, 11) is 1.50. The summed E-state index contributed by atoms with van der Waals surface area (Å²) in [6, 6.07) is 10.1. The van der Waals surface area contributed by atoms with Crippen LogP contribution in [0.2, 0.25) is 0 Å². The first-order valence-electron chi connectivity index (χ1n) is 3.02. The van der Waals surface area contributed by atoms with Gasteiger partial charge in [-0.3, -0.25) is 0 Å². The zero-order chi connectivity index (χ0) is 9.11. The summed E-state index contributed by atoms with van der Waals surface area (Å²) in [5.41, 5.74) is 0. The second-order valence-electron chi connectivity index (χ2n) is 1.41. The van der Waals surface area contributed by atoms with Gasteiger partial charge < -0.3 is 10.2 Å². The molecule has 1 aromatic rings. The molecule has 0 spiro atoms. The Hall–Kier alpha value is -0.328. The Morgan fingerprint density at radius 2 is 1.27 bits per heavy atom. The number of benzene rings is 1. The van der Waals surface area contributed by atoms with Crippen molar-refractivity contribution < 1.29 is 10.2 Å². The van der Waals surface area contributed by atoms with Gasteiger partial charge in [0.15, 0.2) is 0 Å². The average Bonchev–Trinajstić information content (AvgIpc) is 2.13. The Balaban J connectivity index is 0. The molecule has 0 saturated heterocycles. The molecule has 0 fully saturated rings. The molecule has 0 radical (unpaired) electrons. The first kappa shape index (κ1) is 13.3. The van der Waals surface area contributed by atoms with Crippen LogP contribution in [0.15, 0.2) is 30.3 Å². The van der Waals surface area contributed by atoms with Gasteiger partial charge in [-0.05, 0) is 0 Å². The van der Waals surface area contributed by atoms with E-state index in [-0.39, 0.29) is 0 Å². The van der Waals surface area contributed by atoms with Gasteiger partial charge >= 0.3 is 51.0 Å². The third kappa shape index (κ3) is 9.67. The minimum atomic E-state index is 0.750. The molecule has 0 amide bonds. The van der Waals surface area contributed by atoms with Gasteiger partial charge in [0.05, 0.1) is 0 Å². The summed E-state index contributed by atoms with van der Waals surface area (Å²) in [5.74, 6) is 0. The molecule has 0 atom stereocenters. The van der Waals surface area contributed by atoms with Gasteiger partial charge in [0.2, 0.25) is 0 Å². The van der Waals surface area contributed by atoms with Crippen LogP contribution < -0.4 is 14.6 Å². The van der Waals surface area contributed by atoms with E-state index < -0.39 is 0 Å². The van der Waals surface area contributed by atoms with Gasteiger partial charge in [-0.2, -0.15) is 14.2 Å². The van der Waals surface area contributed by atoms with Crippen molar-refractivity contribution in [3.05, 3.63) is 30.3 Å². The van der Waals surface area contributed by atoms with E-state index in [1.165, 1.54) is 4.43 Å². The monoisotopic (exact) mass is 166 g/mol. The van der Waals surface area contributed by atoms with Crippen molar-refractivity contribution in [1.82, 2.24) is 0 Å². The van der Waals surface area contributed by atoms with Crippen LogP contribution >= 0.6 is 0 Å². The summed E-state index contributed by atoms with van der Waals surface area (Å²) in [6.07, 6.45) is 0. The van der Waals surface area contributed by atoms with Gasteiger partial charge in [0.25, 0.3) is 0 Å². The van der Waals surface area contributed by atoms with Crippen LogP contribution in [-0.2, 0) is 0 Å². The number of hydrogen-bond donors (Lipinski definition) is 0. The maximum atomic E-state index is 8.25. The molecule has 0 aliphatic carbocycles. The van der Waals surface area contributed by atoms with Gasteiger partial charge in [-0.1, -0.05) is 0 Å². The van der Waals surface area contributed by atoms with E-state index >= 15 is 0 Å². The summed E-state index contributed by atoms with van der Waals surface area (Å²) >= 11 is 2.63. The van der Waals surface area contributed by atoms with Crippen LogP contribution in [0.1, 0.15) is 0 Å². The molecule has 0 heterocycles. The normalized spacial score (nSPS) is 6.73. The van der Waals surface area contributed by atoms with Gasteiger partial charge in [0, 0.05) is 0 Å². The van der Waals surface area contributed by atoms with Crippen LogP contribution in [0, 0.1) is 0 Å². The van der Waals surface area contributed by atoms with Crippen molar-refractivity contribution in [2.45, 2.75) is 0 Å². The topological polar surface area (TPSA) is 46.1 Å². The van der Waals surface area contributed by atoms with E-state index in [1.807, 2.05) is 30.3 Å². The Kier molecular flexibility index (Phi) is 14.9. The van der Waals surface area contributed by atoms with E-state index in [0.29, 0.717) is 0 Å². The van der Waals surface area contributed by atoms with Gasteiger partial charge in [-0.15, -0.1) is 0 Å². The first-order chi connectivity index (χ1) is 5.39. The second kappa shape index (κ2) is 12.4. The molecule has 1 aromatic carbocycles. The fourth-order valence-corrected chi connectivity index (χ4v) is 0.675. The summed E-state index contributed by atoms with van der Waals surface area (Å²) in [4.78, 5) is 0. The fourth-order valence-electron chi connectivity index (χ4n) is 0.453. The van der Waals surface area contributed by atoms with Crippen molar-refractivity contribution in [2.75, 3.05) is 14.2 Å². The third-order valence-corrected chi connectivity index (χ3v) is 1.18. The number of hydrogen-bond acceptors (Lipinski definition) is 2. The van der Waals surface area contributed by atoms with Crippen molar-refractivity contribution in [3.8, 4) is 0 Å². The Morgan fingerprint density at radius 3 is 1.45 bits per heavy atom. The van der Waals surface area contributed by atoms with E-state index in [4.69, 9.17) is 10.2 Å². The predicted octanol–water partition coefficient (Wildman–Crippen LogP) is -1.57. The molecule has 3 heteroatoms. The van der Waals surface area contributed by atoms with Crippen LogP contribution in [0.3, 0.4) is 0 Å². The van der Waals surface area contributed by atoms with Crippen LogP contribution in [0.5, 0.6) is 0 Å². The quantitative estimate of drug-likeness (QED) is 0.437. The Bertz CT molecular complexity index is 142. The Morgan fingerprint density at radius 1 is 0.909 bits per heavy atom. The first-order valence-corrected chi connectivity index (χ1v) is 3.59. The summed E-state index contributed by atoms with van der Waals surface area (Å²) in [6.45, 7) is 0. The fraction of sp³-hybridized carbons (Fsp3) is 0.250. The van der Waals surface area contributed by atoms with Crippen molar-refractivity contribution in [3.63, 3.8) is 0 Å². The summed E-state index contributed by atoms with van der Waals surface area (Å²) in [5, 5.41) is 16.5. The molecule has 0 aromatic heterocycles. The van der Waals surface area contributed by atoms with Crippen LogP contribution in [0.4, 0.5) is 0 Å². The van der Waals surface area contributed by atoms with Crippen molar-refractivity contribution in [2.24, 2.45) is 0 Å². The Labute approximate surface area is 75.9 Å². The average molecular weight is 166 g/mol. The van der Waals surface area contributed by atoms with E-state index in [9.17, 15) is 0 Å². The molecular formula is C8H11AlO2. The van der Waals surface area contributed by atoms with Crippen LogP contribution in [0.25, 0.3) is 0 Å². The molecular weight excluding hydrogens is 155 g/mol. The minimum absolute atomic E-state index is 0.750. The SMILES string of the molecule is C[O-].C[O-].[Al+2][c]1ccccc1. The second-order valence-corrected chi connectivity index (χ2v) is 2.08. The van der Waals surface area contributed by atoms with Gasteiger partial charge in [-0.25, -0.2) is 0 Å². The molecule has 0 unspecified atom stereocenters. The molecule has 0 aliphatic rings. The molecule has 0 aliphatic heterocycles. The van der Waals surface area contributed by atoms with Crippen molar-refractivity contribution in [1.29, 1.82) is 0 Å². The van der Waals surface area contributed by atoms with E-state index in [2.05, 4.69) is 16.3 Å². The van der Waals surface area contributed by atoms with Gasteiger partial charge in [0.1, 0.15) is 0 Å². The molecule has 1 rings (SSSR count). The standard InChI is InChI=1S/C6H5.2CH3O.Al/c1-2-4-6-5-3-1;2*1-2;/h1-5H;2*1H3;/q;2*-1;+2. The molecule has 58 valence electrons. The van der Waals surface area contributed by atoms with Crippen molar-refractivity contribution >= 4 is 20.7 Å². The summed E-state index contributed by atoms with van der Waals surface area (Å²) < 4.78 is 1.24. The zero-order valence-electron chi connectivity index (χ0n) is 6.78. The molecule has 0 saturated carbocycles. The zero-order valence-corrected chi connectivity index (χ0v) is 7.94. The third-order valence-electron chi connectivity index (χ3n) is 0.800. The predicted molar refractivity (Wildman–Crippen MR) is 43.7 cm³/mol. The van der Waals surface area contributed by atoms with E-state index in [0.717, 1.165) is 14.2 Å². The molecule has 2 nitrogen and oxygen atoms in total. The maximum absolute atomic E-state index is 8.25. The molecule has 0 bridgehead atoms. The molecule has 11 heavy (non-hydrogen) atoms. The molecule has 0 N–H and O–H groups in total. The van der Waals surface area contributed by atoms with Crippen LogP contribution in [-0.4, -0.2) is 30.5 Å².